The van der Waals surface area contributed by atoms with Gasteiger partial charge in [-0.15, -0.1) is 0 Å². The van der Waals surface area contributed by atoms with E-state index in [-0.39, 0.29) is 15.6 Å². The second kappa shape index (κ2) is 4.99. The van der Waals surface area contributed by atoms with E-state index in [2.05, 4.69) is 4.52 Å². The second-order valence-electron chi connectivity index (χ2n) is 4.63. The smallest absolute Gasteiger partial charge is 0.301 e. The first kappa shape index (κ1) is 14.3. The van der Waals surface area contributed by atoms with E-state index in [1.165, 1.54) is 12.1 Å². The molecule has 0 spiro atoms. The molecule has 0 amide bonds. The molecule has 3 aromatic rings. The van der Waals surface area contributed by atoms with Crippen LogP contribution < -0.4 is 11.4 Å². The van der Waals surface area contributed by atoms with Crippen molar-refractivity contribution in [3.05, 3.63) is 63.5 Å². The molecular formula is C14H12N2O5S. The van der Waals surface area contributed by atoms with Gasteiger partial charge in [0.1, 0.15) is 0 Å². The molecule has 0 bridgehead atoms. The molecule has 8 heteroatoms. The van der Waals surface area contributed by atoms with Gasteiger partial charge < -0.3 is 4.52 Å². The lowest BCUT2D eigenvalue weighted by molar-refractivity contribution is 0.330. The van der Waals surface area contributed by atoms with Gasteiger partial charge in [-0.1, -0.05) is 30.3 Å². The normalized spacial score (nSPS) is 11.9. The topological polar surface area (TPSA) is 91.3 Å². The van der Waals surface area contributed by atoms with Gasteiger partial charge in [0.05, 0.1) is 4.90 Å². The van der Waals surface area contributed by atoms with E-state index in [0.29, 0.717) is 9.95 Å². The number of hydrogen-bond donors (Lipinski definition) is 0. The average molecular weight is 320 g/mol. The summed E-state index contributed by atoms with van der Waals surface area (Å²) in [5.74, 6) is -1.00. The van der Waals surface area contributed by atoms with Crippen molar-refractivity contribution < 1.29 is 12.9 Å². The Morgan fingerprint density at radius 1 is 1.05 bits per heavy atom. The Kier molecular flexibility index (Phi) is 3.25. The van der Waals surface area contributed by atoms with Crippen LogP contribution in [-0.4, -0.2) is 17.1 Å². The summed E-state index contributed by atoms with van der Waals surface area (Å²) in [6.45, 7) is 1.58. The lowest BCUT2D eigenvalue weighted by atomic mass is 10.1. The van der Waals surface area contributed by atoms with Crippen LogP contribution in [-0.2, 0) is 16.6 Å². The highest BCUT2D eigenvalue weighted by atomic mass is 32.2. The van der Waals surface area contributed by atoms with Crippen molar-refractivity contribution in [1.29, 1.82) is 0 Å². The molecule has 0 aliphatic heterocycles. The monoisotopic (exact) mass is 320 g/mol. The largest absolute Gasteiger partial charge is 0.443 e. The van der Waals surface area contributed by atoms with E-state index in [0.717, 1.165) is 5.39 Å². The molecule has 0 saturated carbocycles. The Bertz CT molecular complexity index is 1070. The number of aromatic nitrogens is 2. The second-order valence-corrected chi connectivity index (χ2v) is 6.38. The predicted molar refractivity (Wildman–Crippen MR) is 79.4 cm³/mol. The number of hydrogen-bond acceptors (Lipinski definition) is 5. The maximum absolute atomic E-state index is 12.5. The summed E-state index contributed by atoms with van der Waals surface area (Å²) >= 11 is 0. The van der Waals surface area contributed by atoms with E-state index in [1.54, 1.807) is 25.1 Å². The van der Waals surface area contributed by atoms with Gasteiger partial charge in [0.2, 0.25) is 0 Å². The van der Waals surface area contributed by atoms with Crippen LogP contribution >= 0.6 is 0 Å². The van der Waals surface area contributed by atoms with Crippen LogP contribution in [0.1, 0.15) is 6.92 Å². The van der Waals surface area contributed by atoms with Crippen molar-refractivity contribution in [2.24, 2.45) is 0 Å². The molecule has 22 heavy (non-hydrogen) atoms. The van der Waals surface area contributed by atoms with Gasteiger partial charge in [0.25, 0.3) is 10.0 Å². The van der Waals surface area contributed by atoms with Crippen LogP contribution in [0, 0.1) is 0 Å². The molecule has 1 aromatic heterocycles. The lowest BCUT2D eigenvalue weighted by Gasteiger charge is -2.04. The van der Waals surface area contributed by atoms with Crippen LogP contribution in [0.15, 0.2) is 61.5 Å². The highest BCUT2D eigenvalue weighted by Gasteiger charge is 2.25. The first-order valence-corrected chi connectivity index (χ1v) is 7.96. The maximum atomic E-state index is 12.5. The Hall–Kier alpha value is -2.61. The molecule has 0 atom stereocenters. The maximum Gasteiger partial charge on any atom is 0.443 e. The number of rotatable bonds is 3. The van der Waals surface area contributed by atoms with Crippen molar-refractivity contribution in [2.45, 2.75) is 18.4 Å². The van der Waals surface area contributed by atoms with Gasteiger partial charge in [0.15, 0.2) is 0 Å². The zero-order valence-electron chi connectivity index (χ0n) is 11.6. The van der Waals surface area contributed by atoms with E-state index < -0.39 is 21.5 Å². The van der Waals surface area contributed by atoms with Gasteiger partial charge in [0, 0.05) is 6.54 Å². The molecule has 0 N–H and O–H groups in total. The zero-order valence-corrected chi connectivity index (χ0v) is 12.4. The highest BCUT2D eigenvalue weighted by molar-refractivity contribution is 7.89. The van der Waals surface area contributed by atoms with Gasteiger partial charge in [-0.2, -0.15) is 8.42 Å². The summed E-state index contributed by atoms with van der Waals surface area (Å²) in [5.41, 5.74) is -1.01. The van der Waals surface area contributed by atoms with Gasteiger partial charge in [-0.25, -0.2) is 14.2 Å². The average Bonchev–Trinajstić information content (AvgIpc) is 2.81. The van der Waals surface area contributed by atoms with Crippen molar-refractivity contribution in [3.63, 3.8) is 0 Å². The summed E-state index contributed by atoms with van der Waals surface area (Å²) in [5, 5.41) is 1.57. The summed E-state index contributed by atoms with van der Waals surface area (Å²) in [6, 6.07) is 11.6. The van der Waals surface area contributed by atoms with Crippen molar-refractivity contribution >= 4 is 20.8 Å². The van der Waals surface area contributed by atoms with E-state index in [4.69, 9.17) is 0 Å². The standard InChI is InChI=1S/C14H12N2O5S/c1-2-15-13(17)16(21-14(15)18)22(19,20)12-8-7-10-5-3-4-6-11(10)9-12/h3-9H,2H2,1H3. The third-order valence-corrected chi connectivity index (χ3v) is 4.84. The molecule has 0 saturated heterocycles. The van der Waals surface area contributed by atoms with Crippen LogP contribution in [0.2, 0.25) is 0 Å². The highest BCUT2D eigenvalue weighted by Crippen LogP contribution is 2.19. The summed E-state index contributed by atoms with van der Waals surface area (Å²) in [6.07, 6.45) is 0. The Morgan fingerprint density at radius 2 is 1.73 bits per heavy atom. The molecule has 0 aliphatic rings. The molecule has 0 radical (unpaired) electrons. The molecule has 0 fully saturated rings. The zero-order chi connectivity index (χ0) is 15.9. The Labute approximate surface area is 125 Å². The minimum absolute atomic E-state index is 0.0292. The minimum Gasteiger partial charge on any atom is -0.301 e. The fraction of sp³-hybridized carbons (Fsp3) is 0.143. The number of nitrogens with zero attached hydrogens (tertiary/aromatic N) is 2. The SMILES string of the molecule is CCn1c(=O)on(S(=O)(=O)c2ccc3ccccc3c2)c1=O. The summed E-state index contributed by atoms with van der Waals surface area (Å²) in [7, 11) is -4.26. The number of fused-ring (bicyclic) bond motifs is 1. The van der Waals surface area contributed by atoms with Gasteiger partial charge in [-0.3, -0.25) is 0 Å². The third kappa shape index (κ3) is 2.08. The first-order valence-electron chi connectivity index (χ1n) is 6.52. The molecule has 2 aromatic carbocycles. The Morgan fingerprint density at radius 3 is 2.36 bits per heavy atom. The van der Waals surface area contributed by atoms with Crippen molar-refractivity contribution in [3.8, 4) is 0 Å². The molecule has 0 aliphatic carbocycles. The third-order valence-electron chi connectivity index (χ3n) is 3.32. The summed E-state index contributed by atoms with van der Waals surface area (Å²) in [4.78, 5) is 23.3. The molecule has 3 rings (SSSR count). The fourth-order valence-electron chi connectivity index (χ4n) is 2.18. The molecule has 7 nitrogen and oxygen atoms in total. The summed E-state index contributed by atoms with van der Waals surface area (Å²) < 4.78 is 30.4. The molecular weight excluding hydrogens is 308 g/mol. The van der Waals surface area contributed by atoms with Crippen LogP contribution in [0.3, 0.4) is 0 Å². The van der Waals surface area contributed by atoms with E-state index >= 15 is 0 Å². The van der Waals surface area contributed by atoms with Gasteiger partial charge >= 0.3 is 11.4 Å². The Balaban J connectivity index is 2.24. The fourth-order valence-corrected chi connectivity index (χ4v) is 3.35. The van der Waals surface area contributed by atoms with E-state index in [9.17, 15) is 18.0 Å². The first-order chi connectivity index (χ1) is 10.4. The van der Waals surface area contributed by atoms with E-state index in [1.807, 2.05) is 12.1 Å². The quantitative estimate of drug-likeness (QED) is 0.718. The predicted octanol–water partition coefficient (Wildman–Crippen LogP) is 1.01. The van der Waals surface area contributed by atoms with Crippen LogP contribution in [0.4, 0.5) is 0 Å². The number of benzene rings is 2. The van der Waals surface area contributed by atoms with Crippen molar-refractivity contribution in [1.82, 2.24) is 8.71 Å². The molecule has 0 unspecified atom stereocenters. The van der Waals surface area contributed by atoms with Crippen molar-refractivity contribution in [2.75, 3.05) is 0 Å². The van der Waals surface area contributed by atoms with Gasteiger partial charge in [-0.05, 0) is 34.0 Å². The minimum atomic E-state index is -4.26. The lowest BCUT2D eigenvalue weighted by Crippen LogP contribution is -2.31. The van der Waals surface area contributed by atoms with Crippen LogP contribution in [0.25, 0.3) is 10.8 Å². The molecule has 1 heterocycles. The van der Waals surface area contributed by atoms with Crippen LogP contribution in [0.5, 0.6) is 0 Å². The molecule has 114 valence electrons.